The molecule has 1 aromatic carbocycles. The van der Waals surface area contributed by atoms with E-state index in [-0.39, 0.29) is 16.7 Å². The standard InChI is InChI=1S/C15H22N2O3S/c1-11-13(4-3-5-14(11)17(19)20)12(2)16-10-15(18)6-8-21-9-7-15/h3-5,12,16,18H,6-10H2,1-2H3. The predicted molar refractivity (Wildman–Crippen MR) is 85.8 cm³/mol. The number of thioether (sulfide) groups is 1. The molecule has 1 atom stereocenters. The van der Waals surface area contributed by atoms with Crippen molar-refractivity contribution in [2.75, 3.05) is 18.1 Å². The number of nitro groups is 1. The second kappa shape index (κ2) is 6.77. The first kappa shape index (κ1) is 16.3. The van der Waals surface area contributed by atoms with Crippen LogP contribution in [-0.4, -0.2) is 33.7 Å². The molecule has 1 aliphatic rings. The zero-order chi connectivity index (χ0) is 15.5. The lowest BCUT2D eigenvalue weighted by atomic mass is 9.95. The molecule has 2 rings (SSSR count). The van der Waals surface area contributed by atoms with Gasteiger partial charge in [0.15, 0.2) is 0 Å². The number of nitrogens with zero attached hydrogens (tertiary/aromatic N) is 1. The summed E-state index contributed by atoms with van der Waals surface area (Å²) in [5, 5.41) is 24.8. The molecule has 1 fully saturated rings. The van der Waals surface area contributed by atoms with Gasteiger partial charge in [0, 0.05) is 24.2 Å². The summed E-state index contributed by atoms with van der Waals surface area (Å²) in [6.07, 6.45) is 1.59. The Labute approximate surface area is 129 Å². The minimum absolute atomic E-state index is 0.0245. The summed E-state index contributed by atoms with van der Waals surface area (Å²) in [6, 6.07) is 5.12. The van der Waals surface area contributed by atoms with Crippen molar-refractivity contribution in [3.8, 4) is 0 Å². The Bertz CT molecular complexity index is 516. The molecule has 0 amide bonds. The van der Waals surface area contributed by atoms with Crippen LogP contribution in [0.15, 0.2) is 18.2 Å². The maximum atomic E-state index is 11.0. The van der Waals surface area contributed by atoms with Crippen molar-refractivity contribution in [2.24, 2.45) is 0 Å². The number of nitro benzene ring substituents is 1. The van der Waals surface area contributed by atoms with E-state index in [2.05, 4.69) is 5.32 Å². The van der Waals surface area contributed by atoms with Crippen LogP contribution in [-0.2, 0) is 0 Å². The van der Waals surface area contributed by atoms with E-state index in [0.717, 1.165) is 29.9 Å². The minimum atomic E-state index is -0.645. The van der Waals surface area contributed by atoms with E-state index in [9.17, 15) is 15.2 Å². The molecule has 21 heavy (non-hydrogen) atoms. The first-order chi connectivity index (χ1) is 9.93. The Kier molecular flexibility index (Phi) is 5.24. The monoisotopic (exact) mass is 310 g/mol. The Morgan fingerprint density at radius 3 is 2.76 bits per heavy atom. The van der Waals surface area contributed by atoms with E-state index in [1.807, 2.05) is 24.8 Å². The van der Waals surface area contributed by atoms with Gasteiger partial charge in [-0.05, 0) is 43.8 Å². The number of benzene rings is 1. The van der Waals surface area contributed by atoms with E-state index >= 15 is 0 Å². The van der Waals surface area contributed by atoms with Crippen molar-refractivity contribution in [1.82, 2.24) is 5.32 Å². The second-order valence-corrected chi connectivity index (χ2v) is 6.91. The highest BCUT2D eigenvalue weighted by molar-refractivity contribution is 7.99. The summed E-state index contributed by atoms with van der Waals surface area (Å²) in [5.74, 6) is 1.98. The van der Waals surface area contributed by atoms with Crippen LogP contribution < -0.4 is 5.32 Å². The van der Waals surface area contributed by atoms with Crippen molar-refractivity contribution in [3.63, 3.8) is 0 Å². The fourth-order valence-electron chi connectivity index (χ4n) is 2.69. The van der Waals surface area contributed by atoms with Gasteiger partial charge >= 0.3 is 0 Å². The number of aliphatic hydroxyl groups is 1. The Morgan fingerprint density at radius 2 is 2.14 bits per heavy atom. The van der Waals surface area contributed by atoms with Gasteiger partial charge in [0.2, 0.25) is 0 Å². The molecule has 5 nitrogen and oxygen atoms in total. The molecule has 116 valence electrons. The van der Waals surface area contributed by atoms with Gasteiger partial charge in [0.1, 0.15) is 0 Å². The van der Waals surface area contributed by atoms with E-state index in [0.29, 0.717) is 12.1 Å². The van der Waals surface area contributed by atoms with Crippen molar-refractivity contribution in [1.29, 1.82) is 0 Å². The van der Waals surface area contributed by atoms with E-state index in [1.54, 1.807) is 13.0 Å². The van der Waals surface area contributed by atoms with Crippen LogP contribution in [0.25, 0.3) is 0 Å². The van der Waals surface area contributed by atoms with E-state index < -0.39 is 5.60 Å². The number of rotatable bonds is 5. The van der Waals surface area contributed by atoms with Gasteiger partial charge in [0.25, 0.3) is 5.69 Å². The lowest BCUT2D eigenvalue weighted by molar-refractivity contribution is -0.385. The van der Waals surface area contributed by atoms with Crippen molar-refractivity contribution >= 4 is 17.4 Å². The first-order valence-electron chi connectivity index (χ1n) is 7.20. The molecule has 2 N–H and O–H groups in total. The largest absolute Gasteiger partial charge is 0.389 e. The van der Waals surface area contributed by atoms with E-state index in [1.165, 1.54) is 6.07 Å². The lowest BCUT2D eigenvalue weighted by Gasteiger charge is -2.33. The predicted octanol–water partition coefficient (Wildman–Crippen LogP) is 2.81. The maximum absolute atomic E-state index is 11.0. The van der Waals surface area contributed by atoms with Gasteiger partial charge in [0.05, 0.1) is 10.5 Å². The first-order valence-corrected chi connectivity index (χ1v) is 8.36. The summed E-state index contributed by atoms with van der Waals surface area (Å²) in [7, 11) is 0. The molecule has 1 aliphatic heterocycles. The number of hydrogen-bond donors (Lipinski definition) is 2. The summed E-state index contributed by atoms with van der Waals surface area (Å²) >= 11 is 1.87. The normalized spacial score (nSPS) is 19.2. The lowest BCUT2D eigenvalue weighted by Crippen LogP contribution is -2.44. The Morgan fingerprint density at radius 1 is 1.48 bits per heavy atom. The van der Waals surface area contributed by atoms with Crippen LogP contribution in [0.4, 0.5) is 5.69 Å². The van der Waals surface area contributed by atoms with Gasteiger partial charge in [-0.2, -0.15) is 11.8 Å². The number of hydrogen-bond acceptors (Lipinski definition) is 5. The van der Waals surface area contributed by atoms with E-state index in [4.69, 9.17) is 0 Å². The van der Waals surface area contributed by atoms with Gasteiger partial charge in [-0.25, -0.2) is 0 Å². The smallest absolute Gasteiger partial charge is 0.272 e. The molecule has 0 bridgehead atoms. The van der Waals surface area contributed by atoms with Gasteiger partial charge in [-0.1, -0.05) is 12.1 Å². The van der Waals surface area contributed by atoms with Crippen LogP contribution in [0.2, 0.25) is 0 Å². The Hall–Kier alpha value is -1.11. The number of nitrogens with one attached hydrogen (secondary N) is 1. The highest BCUT2D eigenvalue weighted by Gasteiger charge is 2.30. The average Bonchev–Trinajstić information content (AvgIpc) is 2.45. The molecular formula is C15H22N2O3S. The molecule has 0 radical (unpaired) electrons. The summed E-state index contributed by atoms with van der Waals surface area (Å²) in [6.45, 7) is 4.28. The molecule has 6 heteroatoms. The topological polar surface area (TPSA) is 75.4 Å². The highest BCUT2D eigenvalue weighted by Crippen LogP contribution is 2.29. The Balaban J connectivity index is 2.05. The third kappa shape index (κ3) is 3.96. The molecule has 1 saturated heterocycles. The fraction of sp³-hybridized carbons (Fsp3) is 0.600. The zero-order valence-electron chi connectivity index (χ0n) is 12.5. The van der Waals surface area contributed by atoms with Crippen LogP contribution in [0, 0.1) is 17.0 Å². The molecule has 1 unspecified atom stereocenters. The molecule has 0 saturated carbocycles. The van der Waals surface area contributed by atoms with Gasteiger partial charge < -0.3 is 10.4 Å². The highest BCUT2D eigenvalue weighted by atomic mass is 32.2. The van der Waals surface area contributed by atoms with Crippen LogP contribution in [0.1, 0.15) is 36.9 Å². The summed E-state index contributed by atoms with van der Waals surface area (Å²) < 4.78 is 0. The third-order valence-corrected chi connectivity index (χ3v) is 5.16. The summed E-state index contributed by atoms with van der Waals surface area (Å²) in [5.41, 5.74) is 1.11. The molecule has 0 aliphatic carbocycles. The molecule has 1 heterocycles. The quantitative estimate of drug-likeness (QED) is 0.646. The fourth-order valence-corrected chi connectivity index (χ4v) is 3.94. The van der Waals surface area contributed by atoms with Gasteiger partial charge in [-0.3, -0.25) is 10.1 Å². The molecular weight excluding hydrogens is 288 g/mol. The third-order valence-electron chi connectivity index (χ3n) is 4.17. The van der Waals surface area contributed by atoms with Crippen molar-refractivity contribution in [3.05, 3.63) is 39.4 Å². The van der Waals surface area contributed by atoms with Crippen LogP contribution >= 0.6 is 11.8 Å². The molecule has 0 spiro atoms. The van der Waals surface area contributed by atoms with Crippen LogP contribution in [0.5, 0.6) is 0 Å². The SMILES string of the molecule is Cc1c(C(C)NCC2(O)CCSCC2)cccc1[N+](=O)[O-]. The second-order valence-electron chi connectivity index (χ2n) is 5.69. The minimum Gasteiger partial charge on any atom is -0.389 e. The van der Waals surface area contributed by atoms with Gasteiger partial charge in [-0.15, -0.1) is 0 Å². The summed E-state index contributed by atoms with van der Waals surface area (Å²) in [4.78, 5) is 10.6. The molecule has 1 aromatic rings. The molecule has 0 aromatic heterocycles. The van der Waals surface area contributed by atoms with Crippen molar-refractivity contribution < 1.29 is 10.0 Å². The average molecular weight is 310 g/mol. The van der Waals surface area contributed by atoms with Crippen LogP contribution in [0.3, 0.4) is 0 Å². The zero-order valence-corrected chi connectivity index (χ0v) is 13.3. The van der Waals surface area contributed by atoms with Crippen molar-refractivity contribution in [2.45, 2.75) is 38.3 Å². The maximum Gasteiger partial charge on any atom is 0.272 e.